The monoisotopic (exact) mass is 229 g/mol. The third-order valence-electron chi connectivity index (χ3n) is 2.10. The number of aryl methyl sites for hydroxylation is 1. The molecule has 0 fully saturated rings. The van der Waals surface area contributed by atoms with Crippen molar-refractivity contribution in [1.82, 2.24) is 15.1 Å². The van der Waals surface area contributed by atoms with Crippen LogP contribution in [-0.2, 0) is 17.7 Å². The summed E-state index contributed by atoms with van der Waals surface area (Å²) in [5, 5.41) is 17.3. The molecule has 1 atom stereocenters. The van der Waals surface area contributed by atoms with Crippen LogP contribution in [0.25, 0.3) is 0 Å². The third kappa shape index (κ3) is 4.26. The Bertz CT molecular complexity index is 303. The molecule has 1 N–H and O–H groups in total. The third-order valence-corrected chi connectivity index (χ3v) is 2.10. The minimum atomic E-state index is -0.497. The summed E-state index contributed by atoms with van der Waals surface area (Å²) in [6.45, 7) is 3.34. The minimum absolute atomic E-state index is 0.328. The van der Waals surface area contributed by atoms with Crippen LogP contribution in [0.3, 0.4) is 0 Å². The summed E-state index contributed by atoms with van der Waals surface area (Å²) >= 11 is 0. The van der Waals surface area contributed by atoms with Crippen molar-refractivity contribution in [3.05, 3.63) is 11.8 Å². The predicted octanol–water partition coefficient (Wildman–Crippen LogP) is 0.0711. The lowest BCUT2D eigenvalue weighted by atomic mass is 10.3. The Balaban J connectivity index is 2.35. The van der Waals surface area contributed by atoms with Crippen molar-refractivity contribution in [3.8, 4) is 0 Å². The molecule has 6 nitrogen and oxygen atoms in total. The number of aromatic nitrogens is 2. The average molecular weight is 229 g/mol. The van der Waals surface area contributed by atoms with Gasteiger partial charge in [-0.2, -0.15) is 0 Å². The first-order chi connectivity index (χ1) is 7.65. The van der Waals surface area contributed by atoms with E-state index < -0.39 is 6.10 Å². The van der Waals surface area contributed by atoms with Crippen molar-refractivity contribution in [3.63, 3.8) is 0 Å². The molecule has 1 aromatic heterocycles. The van der Waals surface area contributed by atoms with E-state index in [0.717, 1.165) is 6.42 Å². The number of hydrogen-bond donors (Lipinski definition) is 1. The van der Waals surface area contributed by atoms with E-state index in [9.17, 15) is 5.11 Å². The van der Waals surface area contributed by atoms with Crippen LogP contribution in [0, 0.1) is 0 Å². The predicted molar refractivity (Wildman–Crippen MR) is 57.9 cm³/mol. The molecule has 0 aliphatic rings. The van der Waals surface area contributed by atoms with Crippen LogP contribution in [-0.4, -0.2) is 53.6 Å². The Kier molecular flexibility index (Phi) is 5.37. The topological polar surface area (TPSA) is 71.6 Å². The molecule has 1 unspecified atom stereocenters. The average Bonchev–Trinajstić information content (AvgIpc) is 2.65. The second-order valence-electron chi connectivity index (χ2n) is 3.75. The molecule has 0 aliphatic carbocycles. The van der Waals surface area contributed by atoms with Gasteiger partial charge in [-0.3, -0.25) is 4.90 Å². The molecule has 6 heteroatoms. The van der Waals surface area contributed by atoms with Gasteiger partial charge < -0.3 is 14.3 Å². The molecule has 0 saturated carbocycles. The maximum absolute atomic E-state index is 9.52. The van der Waals surface area contributed by atoms with E-state index in [2.05, 4.69) is 10.2 Å². The Hall–Kier alpha value is -0.980. The number of methoxy groups -OCH3 is 1. The van der Waals surface area contributed by atoms with Gasteiger partial charge in [0.15, 0.2) is 0 Å². The normalized spacial score (nSPS) is 13.3. The number of hydrogen-bond acceptors (Lipinski definition) is 6. The zero-order valence-electron chi connectivity index (χ0n) is 10.0. The second kappa shape index (κ2) is 6.57. The molecule has 16 heavy (non-hydrogen) atoms. The van der Waals surface area contributed by atoms with E-state index in [1.54, 1.807) is 7.11 Å². The minimum Gasteiger partial charge on any atom is -0.424 e. The highest BCUT2D eigenvalue weighted by atomic mass is 16.5. The van der Waals surface area contributed by atoms with Crippen LogP contribution in [0.15, 0.2) is 4.42 Å². The maximum Gasteiger partial charge on any atom is 0.230 e. The SMILES string of the molecule is CCc1nnc(CN(C)CC(O)COC)o1. The second-order valence-corrected chi connectivity index (χ2v) is 3.75. The Labute approximate surface area is 95.2 Å². The van der Waals surface area contributed by atoms with Crippen LogP contribution in [0.4, 0.5) is 0 Å². The first-order valence-electron chi connectivity index (χ1n) is 5.32. The van der Waals surface area contributed by atoms with E-state index in [-0.39, 0.29) is 0 Å². The quantitative estimate of drug-likeness (QED) is 0.713. The van der Waals surface area contributed by atoms with Crippen LogP contribution in [0.2, 0.25) is 0 Å². The first kappa shape index (κ1) is 13.1. The van der Waals surface area contributed by atoms with E-state index in [1.807, 2.05) is 18.9 Å². The van der Waals surface area contributed by atoms with Crippen LogP contribution < -0.4 is 0 Å². The highest BCUT2D eigenvalue weighted by molar-refractivity contribution is 4.81. The molecular weight excluding hydrogens is 210 g/mol. The fourth-order valence-electron chi connectivity index (χ4n) is 1.40. The Morgan fingerprint density at radius 1 is 1.44 bits per heavy atom. The number of aliphatic hydroxyl groups excluding tert-OH is 1. The van der Waals surface area contributed by atoms with Gasteiger partial charge in [0.25, 0.3) is 0 Å². The number of aliphatic hydroxyl groups is 1. The summed E-state index contributed by atoms with van der Waals surface area (Å²) in [4.78, 5) is 1.91. The van der Waals surface area contributed by atoms with Crippen LogP contribution >= 0.6 is 0 Å². The number of likely N-dealkylation sites (N-methyl/N-ethyl adjacent to an activating group) is 1. The highest BCUT2D eigenvalue weighted by Gasteiger charge is 2.11. The van der Waals surface area contributed by atoms with Gasteiger partial charge in [-0.1, -0.05) is 6.92 Å². The maximum atomic E-state index is 9.52. The van der Waals surface area contributed by atoms with Gasteiger partial charge in [0, 0.05) is 20.1 Å². The van der Waals surface area contributed by atoms with Crippen LogP contribution in [0.1, 0.15) is 18.7 Å². The number of nitrogens with zero attached hydrogens (tertiary/aromatic N) is 3. The fourth-order valence-corrected chi connectivity index (χ4v) is 1.40. The zero-order chi connectivity index (χ0) is 12.0. The van der Waals surface area contributed by atoms with Crippen molar-refractivity contribution in [2.45, 2.75) is 26.0 Å². The molecule has 0 spiro atoms. The van der Waals surface area contributed by atoms with E-state index in [0.29, 0.717) is 31.5 Å². The Morgan fingerprint density at radius 3 is 2.69 bits per heavy atom. The molecule has 0 aromatic carbocycles. The van der Waals surface area contributed by atoms with Crippen molar-refractivity contribution in [1.29, 1.82) is 0 Å². The summed E-state index contributed by atoms with van der Waals surface area (Å²) in [5.41, 5.74) is 0. The number of rotatable bonds is 7. The van der Waals surface area contributed by atoms with E-state index in [1.165, 1.54) is 0 Å². The Morgan fingerprint density at radius 2 is 2.12 bits per heavy atom. The van der Waals surface area contributed by atoms with Gasteiger partial charge in [-0.15, -0.1) is 10.2 Å². The summed E-state index contributed by atoms with van der Waals surface area (Å²) in [5.74, 6) is 1.21. The summed E-state index contributed by atoms with van der Waals surface area (Å²) < 4.78 is 10.2. The van der Waals surface area contributed by atoms with Crippen molar-refractivity contribution >= 4 is 0 Å². The lowest BCUT2D eigenvalue weighted by Crippen LogP contribution is -2.31. The van der Waals surface area contributed by atoms with E-state index in [4.69, 9.17) is 9.15 Å². The van der Waals surface area contributed by atoms with Crippen LogP contribution in [0.5, 0.6) is 0 Å². The summed E-state index contributed by atoms with van der Waals surface area (Å²) in [7, 11) is 3.45. The van der Waals surface area contributed by atoms with Gasteiger partial charge in [0.2, 0.25) is 11.8 Å². The lowest BCUT2D eigenvalue weighted by molar-refractivity contribution is 0.0403. The van der Waals surface area contributed by atoms with Crippen molar-refractivity contribution in [2.24, 2.45) is 0 Å². The first-order valence-corrected chi connectivity index (χ1v) is 5.32. The standard InChI is InChI=1S/C10H19N3O3/c1-4-9-11-12-10(16-9)6-13(2)5-8(14)7-15-3/h8,14H,4-7H2,1-3H3. The zero-order valence-corrected chi connectivity index (χ0v) is 10.0. The highest BCUT2D eigenvalue weighted by Crippen LogP contribution is 2.03. The van der Waals surface area contributed by atoms with Gasteiger partial charge in [-0.05, 0) is 7.05 Å². The molecule has 1 aromatic rings. The smallest absolute Gasteiger partial charge is 0.230 e. The molecule has 0 saturated heterocycles. The van der Waals surface area contributed by atoms with Gasteiger partial charge in [0.1, 0.15) is 0 Å². The van der Waals surface area contributed by atoms with Crippen molar-refractivity contribution < 1.29 is 14.3 Å². The molecule has 1 rings (SSSR count). The van der Waals surface area contributed by atoms with Gasteiger partial charge in [0.05, 0.1) is 19.3 Å². The molecule has 0 radical (unpaired) electrons. The molecular formula is C10H19N3O3. The largest absolute Gasteiger partial charge is 0.424 e. The van der Waals surface area contributed by atoms with E-state index >= 15 is 0 Å². The summed E-state index contributed by atoms with van der Waals surface area (Å²) in [6.07, 6.45) is 0.242. The fraction of sp³-hybridized carbons (Fsp3) is 0.800. The molecule has 0 amide bonds. The molecule has 0 bridgehead atoms. The van der Waals surface area contributed by atoms with Gasteiger partial charge in [-0.25, -0.2) is 0 Å². The molecule has 1 heterocycles. The molecule has 0 aliphatic heterocycles. The number of ether oxygens (including phenoxy) is 1. The van der Waals surface area contributed by atoms with Gasteiger partial charge >= 0.3 is 0 Å². The molecule has 92 valence electrons. The van der Waals surface area contributed by atoms with Crippen molar-refractivity contribution in [2.75, 3.05) is 27.3 Å². The summed E-state index contributed by atoms with van der Waals surface area (Å²) in [6, 6.07) is 0. The lowest BCUT2D eigenvalue weighted by Gasteiger charge is -2.18.